The van der Waals surface area contributed by atoms with Crippen LogP contribution in [-0.4, -0.2) is 44.0 Å². The van der Waals surface area contributed by atoms with Crippen LogP contribution in [0.25, 0.3) is 0 Å². The molecule has 0 unspecified atom stereocenters. The van der Waals surface area contributed by atoms with Gasteiger partial charge in [-0.2, -0.15) is 0 Å². The highest BCUT2D eigenvalue weighted by Gasteiger charge is 2.21. The van der Waals surface area contributed by atoms with Gasteiger partial charge in [-0.25, -0.2) is 0 Å². The fourth-order valence-electron chi connectivity index (χ4n) is 4.67. The highest BCUT2D eigenvalue weighted by atomic mass is 16.1. The molecule has 4 nitrogen and oxygen atoms in total. The van der Waals surface area contributed by atoms with Crippen LogP contribution in [0.2, 0.25) is 0 Å². The molecule has 0 heterocycles. The molecular weight excluding hydrogens is 346 g/mol. The van der Waals surface area contributed by atoms with Crippen molar-refractivity contribution in [2.75, 3.05) is 26.2 Å². The maximum absolute atomic E-state index is 12.2. The molecule has 0 saturated heterocycles. The van der Waals surface area contributed by atoms with Crippen LogP contribution in [0.1, 0.15) is 74.6 Å². The Morgan fingerprint density at radius 1 is 0.821 bits per heavy atom. The van der Waals surface area contributed by atoms with Crippen LogP contribution in [0.15, 0.2) is 30.3 Å². The summed E-state index contributed by atoms with van der Waals surface area (Å²) in [5, 5.41) is 10.9. The predicted molar refractivity (Wildman–Crippen MR) is 117 cm³/mol. The van der Waals surface area contributed by atoms with E-state index in [0.29, 0.717) is 12.6 Å². The third-order valence-electron chi connectivity index (χ3n) is 6.50. The number of Topliss-reactive ketones (excluding diaryl/α,β-unsaturated/α-hetero) is 1. The summed E-state index contributed by atoms with van der Waals surface area (Å²) < 4.78 is 0. The van der Waals surface area contributed by atoms with Crippen molar-refractivity contribution < 1.29 is 4.79 Å². The van der Waals surface area contributed by atoms with E-state index in [-0.39, 0.29) is 5.78 Å². The Kier molecular flexibility index (Phi) is 9.48. The molecule has 0 atom stereocenters. The Hall–Kier alpha value is -1.23. The second kappa shape index (κ2) is 12.4. The maximum Gasteiger partial charge on any atom is 0.176 e. The van der Waals surface area contributed by atoms with Gasteiger partial charge in [0.15, 0.2) is 5.78 Å². The van der Waals surface area contributed by atoms with Gasteiger partial charge in [-0.1, -0.05) is 49.6 Å². The lowest BCUT2D eigenvalue weighted by molar-refractivity contribution is 0.0983. The molecular formula is C24H39N3O. The third-order valence-corrected chi connectivity index (χ3v) is 6.50. The SMILES string of the molecule is O=C(CNC1CCC(CNCCCNC2CCCCC2)CC1)c1ccccc1. The molecule has 1 aromatic carbocycles. The zero-order valence-electron chi connectivity index (χ0n) is 17.4. The molecule has 2 saturated carbocycles. The van der Waals surface area contributed by atoms with Crippen molar-refractivity contribution in [3.63, 3.8) is 0 Å². The lowest BCUT2D eigenvalue weighted by Gasteiger charge is -2.29. The van der Waals surface area contributed by atoms with Crippen LogP contribution in [0, 0.1) is 5.92 Å². The normalized spacial score (nSPS) is 23.6. The average molecular weight is 386 g/mol. The number of nitrogens with one attached hydrogen (secondary N) is 3. The van der Waals surface area contributed by atoms with Crippen LogP contribution in [0.5, 0.6) is 0 Å². The van der Waals surface area contributed by atoms with E-state index in [1.54, 1.807) is 0 Å². The second-order valence-electron chi connectivity index (χ2n) is 8.73. The number of benzene rings is 1. The van der Waals surface area contributed by atoms with Crippen molar-refractivity contribution in [3.05, 3.63) is 35.9 Å². The van der Waals surface area contributed by atoms with Crippen LogP contribution >= 0.6 is 0 Å². The molecule has 0 aliphatic heterocycles. The van der Waals surface area contributed by atoms with Gasteiger partial charge in [-0.3, -0.25) is 4.79 Å². The Bertz CT molecular complexity index is 548. The van der Waals surface area contributed by atoms with Crippen LogP contribution < -0.4 is 16.0 Å². The number of rotatable bonds is 11. The standard InChI is InChI=1S/C24H39N3O/c28-24(21-8-3-1-4-9-21)19-27-23-14-12-20(13-15-23)18-25-16-7-17-26-22-10-5-2-6-11-22/h1,3-4,8-9,20,22-23,25-27H,2,5-7,10-19H2. The molecule has 2 aliphatic rings. The minimum atomic E-state index is 0.200. The molecule has 4 heteroatoms. The molecule has 156 valence electrons. The minimum Gasteiger partial charge on any atom is -0.316 e. The largest absolute Gasteiger partial charge is 0.316 e. The van der Waals surface area contributed by atoms with Gasteiger partial charge in [-0.05, 0) is 70.5 Å². The smallest absolute Gasteiger partial charge is 0.176 e. The first-order valence-corrected chi connectivity index (χ1v) is 11.6. The third kappa shape index (κ3) is 7.65. The van der Waals surface area contributed by atoms with E-state index in [9.17, 15) is 4.79 Å². The highest BCUT2D eigenvalue weighted by molar-refractivity contribution is 5.97. The van der Waals surface area contributed by atoms with Crippen molar-refractivity contribution in [3.8, 4) is 0 Å². The minimum absolute atomic E-state index is 0.200. The fraction of sp³-hybridized carbons (Fsp3) is 0.708. The molecule has 3 rings (SSSR count). The topological polar surface area (TPSA) is 53.2 Å². The van der Waals surface area contributed by atoms with Gasteiger partial charge in [0.1, 0.15) is 0 Å². The zero-order chi connectivity index (χ0) is 19.4. The molecule has 0 aromatic heterocycles. The monoisotopic (exact) mass is 385 g/mol. The number of carbonyl (C=O) groups is 1. The number of hydrogen-bond acceptors (Lipinski definition) is 4. The Labute approximate surface area is 171 Å². The summed E-state index contributed by atoms with van der Waals surface area (Å²) >= 11 is 0. The molecule has 0 amide bonds. The van der Waals surface area contributed by atoms with Crippen molar-refractivity contribution in [1.29, 1.82) is 0 Å². The van der Waals surface area contributed by atoms with Gasteiger partial charge in [0.2, 0.25) is 0 Å². The number of hydrogen-bond donors (Lipinski definition) is 3. The van der Waals surface area contributed by atoms with Gasteiger partial charge in [0, 0.05) is 17.6 Å². The highest BCUT2D eigenvalue weighted by Crippen LogP contribution is 2.23. The van der Waals surface area contributed by atoms with Crippen LogP contribution in [0.3, 0.4) is 0 Å². The van der Waals surface area contributed by atoms with Gasteiger partial charge < -0.3 is 16.0 Å². The van der Waals surface area contributed by atoms with E-state index in [1.807, 2.05) is 30.3 Å². The van der Waals surface area contributed by atoms with Crippen molar-refractivity contribution in [2.24, 2.45) is 5.92 Å². The summed E-state index contributed by atoms with van der Waals surface area (Å²) in [6.07, 6.45) is 13.2. The summed E-state index contributed by atoms with van der Waals surface area (Å²) in [5.41, 5.74) is 0.811. The maximum atomic E-state index is 12.2. The van der Waals surface area contributed by atoms with E-state index >= 15 is 0 Å². The first-order valence-electron chi connectivity index (χ1n) is 11.6. The Morgan fingerprint density at radius 3 is 2.29 bits per heavy atom. The molecule has 0 spiro atoms. The molecule has 2 fully saturated rings. The first-order chi connectivity index (χ1) is 13.8. The predicted octanol–water partition coefficient (Wildman–Crippen LogP) is 3.92. The van der Waals surface area contributed by atoms with Crippen LogP contribution in [0.4, 0.5) is 0 Å². The Balaban J connectivity index is 1.18. The molecule has 3 N–H and O–H groups in total. The van der Waals surface area contributed by atoms with Gasteiger partial charge in [0.25, 0.3) is 0 Å². The zero-order valence-corrected chi connectivity index (χ0v) is 17.4. The second-order valence-corrected chi connectivity index (χ2v) is 8.73. The van der Waals surface area contributed by atoms with E-state index < -0.39 is 0 Å². The summed E-state index contributed by atoms with van der Waals surface area (Å²) in [4.78, 5) is 12.2. The van der Waals surface area contributed by atoms with Crippen molar-refractivity contribution >= 4 is 5.78 Å². The van der Waals surface area contributed by atoms with E-state index in [4.69, 9.17) is 0 Å². The average Bonchev–Trinajstić information content (AvgIpc) is 2.76. The van der Waals surface area contributed by atoms with E-state index in [2.05, 4.69) is 16.0 Å². The summed E-state index contributed by atoms with van der Waals surface area (Å²) in [5.74, 6) is 1.00. The molecule has 0 bridgehead atoms. The summed E-state index contributed by atoms with van der Waals surface area (Å²) in [6, 6.07) is 10.9. The lowest BCUT2D eigenvalue weighted by Crippen LogP contribution is -2.38. The van der Waals surface area contributed by atoms with Crippen molar-refractivity contribution in [2.45, 2.75) is 76.3 Å². The molecule has 28 heavy (non-hydrogen) atoms. The van der Waals surface area contributed by atoms with Gasteiger partial charge in [0.05, 0.1) is 6.54 Å². The number of carbonyl (C=O) groups excluding carboxylic acids is 1. The van der Waals surface area contributed by atoms with E-state index in [1.165, 1.54) is 64.2 Å². The number of ketones is 1. The molecule has 1 aromatic rings. The van der Waals surface area contributed by atoms with Crippen molar-refractivity contribution in [1.82, 2.24) is 16.0 Å². The molecule has 0 radical (unpaired) electrons. The molecule has 2 aliphatic carbocycles. The lowest BCUT2D eigenvalue weighted by atomic mass is 9.86. The Morgan fingerprint density at radius 2 is 1.54 bits per heavy atom. The quantitative estimate of drug-likeness (QED) is 0.399. The van der Waals surface area contributed by atoms with Gasteiger partial charge in [-0.15, -0.1) is 0 Å². The summed E-state index contributed by atoms with van der Waals surface area (Å²) in [6.45, 7) is 3.90. The summed E-state index contributed by atoms with van der Waals surface area (Å²) in [7, 11) is 0. The fourth-order valence-corrected chi connectivity index (χ4v) is 4.67. The van der Waals surface area contributed by atoms with Crippen LogP contribution in [-0.2, 0) is 0 Å². The van der Waals surface area contributed by atoms with Gasteiger partial charge >= 0.3 is 0 Å². The van der Waals surface area contributed by atoms with E-state index in [0.717, 1.165) is 37.2 Å². The first kappa shape index (κ1) is 21.5.